The highest BCUT2D eigenvalue weighted by molar-refractivity contribution is 5.23. The zero-order chi connectivity index (χ0) is 13.0. The van der Waals surface area contributed by atoms with Gasteiger partial charge in [-0.2, -0.15) is 0 Å². The molecule has 0 aromatic heterocycles. The van der Waals surface area contributed by atoms with Crippen LogP contribution in [-0.2, 0) is 0 Å². The van der Waals surface area contributed by atoms with Crippen LogP contribution in [0.4, 0.5) is 0 Å². The number of aliphatic hydroxyl groups is 2. The van der Waals surface area contributed by atoms with Crippen LogP contribution in [-0.4, -0.2) is 40.9 Å². The first-order valence-electron chi connectivity index (χ1n) is 6.80. The molecule has 0 aliphatic heterocycles. The number of nitrogens with zero attached hydrogens (tertiary/aromatic N) is 1. The molecule has 0 bridgehead atoms. The van der Waals surface area contributed by atoms with Crippen molar-refractivity contribution >= 4 is 0 Å². The molecule has 0 heterocycles. The summed E-state index contributed by atoms with van der Waals surface area (Å²) in [5.74, 6) is 0. The third-order valence-electron chi connectivity index (χ3n) is 3.57. The van der Waals surface area contributed by atoms with Crippen molar-refractivity contribution in [1.29, 1.82) is 0 Å². The molecule has 1 atom stereocenters. The van der Waals surface area contributed by atoms with Gasteiger partial charge in [-0.15, -0.1) is 0 Å². The summed E-state index contributed by atoms with van der Waals surface area (Å²) in [7, 11) is 0. The highest BCUT2D eigenvalue weighted by Crippen LogP contribution is 2.28. The summed E-state index contributed by atoms with van der Waals surface area (Å²) < 4.78 is 0. The Bertz CT molecular complexity index is 377. The van der Waals surface area contributed by atoms with Crippen molar-refractivity contribution in [2.24, 2.45) is 0 Å². The normalized spacial score (nSPS) is 17.1. The van der Waals surface area contributed by atoms with Crippen LogP contribution in [0.5, 0.6) is 0 Å². The smallest absolute Gasteiger partial charge is 0.0802 e. The number of aliphatic hydroxyl groups excluding tert-OH is 2. The van der Waals surface area contributed by atoms with Gasteiger partial charge in [0, 0.05) is 19.1 Å². The van der Waals surface area contributed by atoms with E-state index in [0.717, 1.165) is 25.1 Å². The second-order valence-electron chi connectivity index (χ2n) is 5.21. The zero-order valence-corrected chi connectivity index (χ0v) is 11.0. The quantitative estimate of drug-likeness (QED) is 0.775. The van der Waals surface area contributed by atoms with E-state index >= 15 is 0 Å². The van der Waals surface area contributed by atoms with Crippen LogP contribution in [0, 0.1) is 6.92 Å². The minimum atomic E-state index is -0.398. The van der Waals surface area contributed by atoms with E-state index in [0.29, 0.717) is 6.04 Å². The lowest BCUT2D eigenvalue weighted by atomic mass is 10.0. The molecule has 1 unspecified atom stereocenters. The fraction of sp³-hybridized carbons (Fsp3) is 0.600. The maximum Gasteiger partial charge on any atom is 0.0802 e. The first kappa shape index (κ1) is 13.5. The fourth-order valence-electron chi connectivity index (χ4n) is 2.38. The van der Waals surface area contributed by atoms with Gasteiger partial charge in [0.1, 0.15) is 0 Å². The predicted molar refractivity (Wildman–Crippen MR) is 72.4 cm³/mol. The maximum atomic E-state index is 10.2. The summed E-state index contributed by atoms with van der Waals surface area (Å²) in [6.45, 7) is 3.83. The average molecular weight is 249 g/mol. The number of aryl methyl sites for hydroxylation is 1. The van der Waals surface area contributed by atoms with E-state index in [4.69, 9.17) is 5.11 Å². The summed E-state index contributed by atoms with van der Waals surface area (Å²) >= 11 is 0. The van der Waals surface area contributed by atoms with Crippen molar-refractivity contribution < 1.29 is 10.2 Å². The Kier molecular flexibility index (Phi) is 4.75. The van der Waals surface area contributed by atoms with E-state index < -0.39 is 6.10 Å². The van der Waals surface area contributed by atoms with Gasteiger partial charge < -0.3 is 10.2 Å². The molecule has 2 rings (SSSR count). The molecule has 1 aromatic rings. The number of hydrogen-bond acceptors (Lipinski definition) is 3. The van der Waals surface area contributed by atoms with Crippen LogP contribution < -0.4 is 0 Å². The second kappa shape index (κ2) is 6.32. The molecule has 1 saturated carbocycles. The van der Waals surface area contributed by atoms with Crippen molar-refractivity contribution in [3.63, 3.8) is 0 Å². The van der Waals surface area contributed by atoms with Crippen molar-refractivity contribution in [3.8, 4) is 0 Å². The average Bonchev–Trinajstić information content (AvgIpc) is 3.18. The van der Waals surface area contributed by atoms with Crippen LogP contribution in [0.15, 0.2) is 24.3 Å². The summed E-state index contributed by atoms with van der Waals surface area (Å²) in [5, 5.41) is 19.2. The maximum absolute atomic E-state index is 10.2. The standard InChI is InChI=1S/C15H23NO2/c1-12-3-2-4-13(11-12)15(18)7-8-16(9-10-17)14-5-6-14/h2-4,11,14-15,17-18H,5-10H2,1H3. The SMILES string of the molecule is Cc1cccc(C(O)CCN(CCO)C2CC2)c1. The summed E-state index contributed by atoms with van der Waals surface area (Å²) in [4.78, 5) is 2.29. The Morgan fingerprint density at radius 3 is 2.72 bits per heavy atom. The van der Waals surface area contributed by atoms with Gasteiger partial charge in [0.2, 0.25) is 0 Å². The number of benzene rings is 1. The lowest BCUT2D eigenvalue weighted by Gasteiger charge is -2.22. The Morgan fingerprint density at radius 2 is 2.11 bits per heavy atom. The molecular weight excluding hydrogens is 226 g/mol. The lowest BCUT2D eigenvalue weighted by molar-refractivity contribution is 0.127. The molecule has 0 saturated heterocycles. The molecule has 1 aliphatic carbocycles. The lowest BCUT2D eigenvalue weighted by Crippen LogP contribution is -2.31. The monoisotopic (exact) mass is 249 g/mol. The minimum absolute atomic E-state index is 0.205. The summed E-state index contributed by atoms with van der Waals surface area (Å²) in [6, 6.07) is 8.68. The molecule has 0 spiro atoms. The third kappa shape index (κ3) is 3.80. The van der Waals surface area contributed by atoms with Gasteiger partial charge in [-0.1, -0.05) is 29.8 Å². The molecular formula is C15H23NO2. The Hall–Kier alpha value is -0.900. The van der Waals surface area contributed by atoms with Gasteiger partial charge in [0.15, 0.2) is 0 Å². The Balaban J connectivity index is 1.84. The highest BCUT2D eigenvalue weighted by atomic mass is 16.3. The molecule has 1 aliphatic rings. The van der Waals surface area contributed by atoms with Gasteiger partial charge in [-0.05, 0) is 31.7 Å². The Morgan fingerprint density at radius 1 is 1.33 bits per heavy atom. The van der Waals surface area contributed by atoms with Gasteiger partial charge in [-0.25, -0.2) is 0 Å². The van der Waals surface area contributed by atoms with Crippen molar-refractivity contribution in [1.82, 2.24) is 4.90 Å². The van der Waals surface area contributed by atoms with E-state index in [2.05, 4.69) is 4.90 Å². The van der Waals surface area contributed by atoms with Crippen molar-refractivity contribution in [2.45, 2.75) is 38.3 Å². The molecule has 0 amide bonds. The molecule has 3 heteroatoms. The van der Waals surface area contributed by atoms with Gasteiger partial charge in [0.25, 0.3) is 0 Å². The summed E-state index contributed by atoms with van der Waals surface area (Å²) in [5.41, 5.74) is 2.18. The van der Waals surface area contributed by atoms with Crippen LogP contribution in [0.1, 0.15) is 36.5 Å². The Labute approximate surface area is 109 Å². The minimum Gasteiger partial charge on any atom is -0.395 e. The molecule has 0 radical (unpaired) electrons. The molecule has 18 heavy (non-hydrogen) atoms. The van der Waals surface area contributed by atoms with E-state index in [1.807, 2.05) is 31.2 Å². The molecule has 1 fully saturated rings. The summed E-state index contributed by atoms with van der Waals surface area (Å²) in [6.07, 6.45) is 2.81. The van der Waals surface area contributed by atoms with E-state index in [-0.39, 0.29) is 6.61 Å². The first-order valence-corrected chi connectivity index (χ1v) is 6.80. The van der Waals surface area contributed by atoms with E-state index in [1.54, 1.807) is 0 Å². The largest absolute Gasteiger partial charge is 0.395 e. The van der Waals surface area contributed by atoms with Crippen LogP contribution in [0.3, 0.4) is 0 Å². The van der Waals surface area contributed by atoms with Crippen molar-refractivity contribution in [2.75, 3.05) is 19.7 Å². The number of rotatable bonds is 7. The second-order valence-corrected chi connectivity index (χ2v) is 5.21. The molecule has 1 aromatic carbocycles. The molecule has 2 N–H and O–H groups in total. The van der Waals surface area contributed by atoms with Crippen LogP contribution >= 0.6 is 0 Å². The van der Waals surface area contributed by atoms with Gasteiger partial charge in [0.05, 0.1) is 12.7 Å². The first-order chi connectivity index (χ1) is 8.70. The molecule has 100 valence electrons. The number of hydrogen-bond donors (Lipinski definition) is 2. The van der Waals surface area contributed by atoms with Crippen molar-refractivity contribution in [3.05, 3.63) is 35.4 Å². The highest BCUT2D eigenvalue weighted by Gasteiger charge is 2.28. The van der Waals surface area contributed by atoms with E-state index in [9.17, 15) is 5.11 Å². The van der Waals surface area contributed by atoms with Crippen LogP contribution in [0.25, 0.3) is 0 Å². The van der Waals surface area contributed by atoms with Gasteiger partial charge in [-0.3, -0.25) is 4.90 Å². The third-order valence-corrected chi connectivity index (χ3v) is 3.57. The van der Waals surface area contributed by atoms with Gasteiger partial charge >= 0.3 is 0 Å². The predicted octanol–water partition coefficient (Wildman–Crippen LogP) is 1.88. The zero-order valence-electron chi connectivity index (χ0n) is 11.0. The topological polar surface area (TPSA) is 43.7 Å². The fourth-order valence-corrected chi connectivity index (χ4v) is 2.38. The van der Waals surface area contributed by atoms with Crippen LogP contribution in [0.2, 0.25) is 0 Å². The molecule has 3 nitrogen and oxygen atoms in total. The van der Waals surface area contributed by atoms with E-state index in [1.165, 1.54) is 18.4 Å².